The number of benzene rings is 2. The van der Waals surface area contributed by atoms with E-state index in [1.807, 2.05) is 25.1 Å². The topological polar surface area (TPSA) is 32.8 Å². The lowest BCUT2D eigenvalue weighted by Crippen LogP contribution is -2.50. The summed E-state index contributed by atoms with van der Waals surface area (Å²) < 4.78 is 5.55. The second-order valence-corrected chi connectivity index (χ2v) is 8.99. The van der Waals surface area contributed by atoms with Crippen molar-refractivity contribution >= 4 is 5.97 Å². The quantitative estimate of drug-likeness (QED) is 0.602. The predicted molar refractivity (Wildman–Crippen MR) is 125 cm³/mol. The van der Waals surface area contributed by atoms with Crippen LogP contribution in [0.2, 0.25) is 0 Å². The fourth-order valence-electron chi connectivity index (χ4n) is 5.34. The minimum absolute atomic E-state index is 0.0588. The highest BCUT2D eigenvalue weighted by Crippen LogP contribution is 2.38. The van der Waals surface area contributed by atoms with Gasteiger partial charge >= 0.3 is 5.97 Å². The van der Waals surface area contributed by atoms with E-state index in [4.69, 9.17) is 4.74 Å². The molecule has 2 aromatic carbocycles. The highest BCUT2D eigenvalue weighted by Gasteiger charge is 2.44. The van der Waals surface area contributed by atoms with Crippen LogP contribution in [0.1, 0.15) is 56.2 Å². The molecule has 0 saturated carbocycles. The van der Waals surface area contributed by atoms with Gasteiger partial charge in [-0.1, -0.05) is 67.1 Å². The van der Waals surface area contributed by atoms with Crippen molar-refractivity contribution in [2.75, 3.05) is 39.3 Å². The number of hydrogen-bond acceptors (Lipinski definition) is 4. The van der Waals surface area contributed by atoms with E-state index in [1.165, 1.54) is 37.9 Å². The standard InChI is InChI=1S/C27H36N2O2/c1-2-31-26(30)27(24-14-8-4-9-15-24)16-20-28(21-17-27)22-25(23-12-6-3-7-13-23)29-18-10-5-11-19-29/h3-4,6-9,12-15,25H,2,5,10-11,16-22H2,1H3. The van der Waals surface area contributed by atoms with Gasteiger partial charge < -0.3 is 9.64 Å². The van der Waals surface area contributed by atoms with Crippen molar-refractivity contribution in [3.63, 3.8) is 0 Å². The number of carbonyl (C=O) groups excluding carboxylic acids is 1. The third-order valence-electron chi connectivity index (χ3n) is 7.15. The van der Waals surface area contributed by atoms with Crippen LogP contribution in [0.4, 0.5) is 0 Å². The van der Waals surface area contributed by atoms with E-state index in [1.54, 1.807) is 0 Å². The molecule has 0 radical (unpaired) electrons. The minimum atomic E-state index is -0.513. The first-order valence-electron chi connectivity index (χ1n) is 12.0. The highest BCUT2D eigenvalue weighted by atomic mass is 16.5. The van der Waals surface area contributed by atoms with Gasteiger partial charge in [-0.25, -0.2) is 0 Å². The van der Waals surface area contributed by atoms with Crippen molar-refractivity contribution in [2.45, 2.75) is 50.5 Å². The van der Waals surface area contributed by atoms with E-state index < -0.39 is 5.41 Å². The summed E-state index contributed by atoms with van der Waals surface area (Å²) in [6.45, 7) is 7.57. The zero-order chi connectivity index (χ0) is 21.5. The molecule has 0 N–H and O–H groups in total. The third kappa shape index (κ3) is 5.02. The first kappa shape index (κ1) is 22.0. The van der Waals surface area contributed by atoms with Gasteiger partial charge in [0.2, 0.25) is 0 Å². The van der Waals surface area contributed by atoms with E-state index in [0.717, 1.165) is 38.0 Å². The monoisotopic (exact) mass is 420 g/mol. The van der Waals surface area contributed by atoms with E-state index in [-0.39, 0.29) is 5.97 Å². The van der Waals surface area contributed by atoms with Gasteiger partial charge in [0.25, 0.3) is 0 Å². The number of hydrogen-bond donors (Lipinski definition) is 0. The van der Waals surface area contributed by atoms with Crippen LogP contribution in [0.5, 0.6) is 0 Å². The summed E-state index contributed by atoms with van der Waals surface area (Å²) in [4.78, 5) is 18.3. The molecule has 4 heteroatoms. The summed E-state index contributed by atoms with van der Waals surface area (Å²) in [6, 6.07) is 21.6. The molecule has 0 amide bonds. The first-order valence-corrected chi connectivity index (χ1v) is 12.0. The third-order valence-corrected chi connectivity index (χ3v) is 7.15. The molecule has 1 unspecified atom stereocenters. The van der Waals surface area contributed by atoms with Crippen molar-refractivity contribution in [1.82, 2.24) is 9.80 Å². The largest absolute Gasteiger partial charge is 0.465 e. The van der Waals surface area contributed by atoms with Gasteiger partial charge in [0.05, 0.1) is 12.0 Å². The zero-order valence-corrected chi connectivity index (χ0v) is 18.8. The van der Waals surface area contributed by atoms with Crippen LogP contribution in [0.25, 0.3) is 0 Å². The average Bonchev–Trinajstić information content (AvgIpc) is 2.85. The molecular formula is C27H36N2O2. The Morgan fingerprint density at radius 3 is 2.13 bits per heavy atom. The number of piperidine rings is 2. The van der Waals surface area contributed by atoms with Gasteiger partial charge in [0.1, 0.15) is 0 Å². The molecule has 2 fully saturated rings. The summed E-state index contributed by atoms with van der Waals surface area (Å²) in [5.41, 5.74) is 2.00. The Kier molecular flexibility index (Phi) is 7.41. The maximum Gasteiger partial charge on any atom is 0.316 e. The molecule has 0 spiro atoms. The number of likely N-dealkylation sites (tertiary alicyclic amines) is 2. The van der Waals surface area contributed by atoms with Gasteiger partial charge in [-0.05, 0) is 69.9 Å². The maximum absolute atomic E-state index is 13.1. The Morgan fingerprint density at radius 2 is 1.52 bits per heavy atom. The molecule has 1 atom stereocenters. The molecule has 31 heavy (non-hydrogen) atoms. The SMILES string of the molecule is CCOC(=O)C1(c2ccccc2)CCN(CC(c2ccccc2)N2CCCCC2)CC1. The van der Waals surface area contributed by atoms with Gasteiger partial charge in [-0.15, -0.1) is 0 Å². The van der Waals surface area contributed by atoms with E-state index in [9.17, 15) is 4.79 Å². The summed E-state index contributed by atoms with van der Waals surface area (Å²) in [5, 5.41) is 0. The maximum atomic E-state index is 13.1. The van der Waals surface area contributed by atoms with E-state index in [0.29, 0.717) is 12.6 Å². The second kappa shape index (κ2) is 10.4. The molecule has 2 aliphatic rings. The van der Waals surface area contributed by atoms with Gasteiger partial charge in [-0.3, -0.25) is 9.69 Å². The Hall–Kier alpha value is -2.17. The molecule has 0 bridgehead atoms. The van der Waals surface area contributed by atoms with Crippen molar-refractivity contribution in [3.05, 3.63) is 71.8 Å². The zero-order valence-electron chi connectivity index (χ0n) is 18.8. The van der Waals surface area contributed by atoms with Crippen molar-refractivity contribution < 1.29 is 9.53 Å². The molecule has 2 aliphatic heterocycles. The number of esters is 1. The lowest BCUT2D eigenvalue weighted by molar-refractivity contribution is -0.152. The fourth-order valence-corrected chi connectivity index (χ4v) is 5.34. The van der Waals surface area contributed by atoms with Crippen LogP contribution in [0.3, 0.4) is 0 Å². The van der Waals surface area contributed by atoms with Crippen LogP contribution in [-0.2, 0) is 14.9 Å². The van der Waals surface area contributed by atoms with Crippen LogP contribution in [0.15, 0.2) is 60.7 Å². The summed E-state index contributed by atoms with van der Waals surface area (Å²) in [5.74, 6) is -0.0588. The summed E-state index contributed by atoms with van der Waals surface area (Å²) in [7, 11) is 0. The summed E-state index contributed by atoms with van der Waals surface area (Å²) in [6.07, 6.45) is 5.57. The molecule has 0 aromatic heterocycles. The lowest BCUT2D eigenvalue weighted by atomic mass is 9.72. The average molecular weight is 421 g/mol. The molecule has 166 valence electrons. The first-order chi connectivity index (χ1) is 15.2. The highest BCUT2D eigenvalue weighted by molar-refractivity contribution is 5.83. The van der Waals surface area contributed by atoms with Crippen LogP contribution in [0, 0.1) is 0 Å². The van der Waals surface area contributed by atoms with Crippen LogP contribution in [-0.4, -0.2) is 55.1 Å². The van der Waals surface area contributed by atoms with Crippen molar-refractivity contribution in [1.29, 1.82) is 0 Å². The fraction of sp³-hybridized carbons (Fsp3) is 0.519. The molecule has 0 aliphatic carbocycles. The molecule has 2 aromatic rings. The molecule has 2 heterocycles. The second-order valence-electron chi connectivity index (χ2n) is 8.99. The van der Waals surface area contributed by atoms with Gasteiger partial charge in [0.15, 0.2) is 0 Å². The number of ether oxygens (including phenoxy) is 1. The van der Waals surface area contributed by atoms with Gasteiger partial charge in [-0.2, -0.15) is 0 Å². The van der Waals surface area contributed by atoms with Crippen LogP contribution >= 0.6 is 0 Å². The Balaban J connectivity index is 1.49. The van der Waals surface area contributed by atoms with E-state index >= 15 is 0 Å². The Labute approximate surface area is 187 Å². The van der Waals surface area contributed by atoms with Crippen molar-refractivity contribution in [2.24, 2.45) is 0 Å². The minimum Gasteiger partial charge on any atom is -0.465 e. The Morgan fingerprint density at radius 1 is 0.903 bits per heavy atom. The Bertz CT molecular complexity index is 810. The summed E-state index contributed by atoms with van der Waals surface area (Å²) >= 11 is 0. The van der Waals surface area contributed by atoms with E-state index in [2.05, 4.69) is 52.3 Å². The van der Waals surface area contributed by atoms with Crippen LogP contribution < -0.4 is 0 Å². The smallest absolute Gasteiger partial charge is 0.316 e. The van der Waals surface area contributed by atoms with Crippen molar-refractivity contribution in [3.8, 4) is 0 Å². The molecule has 4 nitrogen and oxygen atoms in total. The van der Waals surface area contributed by atoms with Gasteiger partial charge in [0, 0.05) is 12.6 Å². The number of rotatable bonds is 7. The number of carbonyl (C=O) groups is 1. The lowest BCUT2D eigenvalue weighted by Gasteiger charge is -2.43. The molecule has 2 saturated heterocycles. The molecule has 4 rings (SSSR count). The number of nitrogens with zero attached hydrogens (tertiary/aromatic N) is 2. The normalized spacial score (nSPS) is 20.8. The predicted octanol–water partition coefficient (Wildman–Crippen LogP) is 4.81. The molecular weight excluding hydrogens is 384 g/mol.